The molecular formula is C19H22N4O2. The van der Waals surface area contributed by atoms with Crippen molar-refractivity contribution in [3.8, 4) is 16.9 Å². The van der Waals surface area contributed by atoms with Gasteiger partial charge in [-0.25, -0.2) is 4.79 Å². The molecule has 6 nitrogen and oxygen atoms in total. The Balaban J connectivity index is 2.08. The van der Waals surface area contributed by atoms with E-state index in [1.54, 1.807) is 11.9 Å². The number of carbonyl (C=O) groups is 1. The predicted molar refractivity (Wildman–Crippen MR) is 99.3 cm³/mol. The minimum atomic E-state index is -0.123. The van der Waals surface area contributed by atoms with Gasteiger partial charge in [-0.1, -0.05) is 12.1 Å². The third-order valence-corrected chi connectivity index (χ3v) is 4.46. The van der Waals surface area contributed by atoms with Gasteiger partial charge in [0.1, 0.15) is 12.4 Å². The minimum absolute atomic E-state index is 0.123. The molecule has 0 spiro atoms. The van der Waals surface area contributed by atoms with Gasteiger partial charge in [0.15, 0.2) is 0 Å². The van der Waals surface area contributed by atoms with Crippen LogP contribution in [-0.4, -0.2) is 37.3 Å². The maximum Gasteiger partial charge on any atom is 0.317 e. The number of aryl methyl sites for hydroxylation is 1. The number of urea groups is 1. The van der Waals surface area contributed by atoms with Crippen molar-refractivity contribution in [2.24, 2.45) is 0 Å². The summed E-state index contributed by atoms with van der Waals surface area (Å²) in [6.45, 7) is 3.47. The summed E-state index contributed by atoms with van der Waals surface area (Å²) >= 11 is 0. The fraction of sp³-hybridized carbons (Fsp3) is 0.263. The van der Waals surface area contributed by atoms with Crippen LogP contribution in [0.1, 0.15) is 16.7 Å². The van der Waals surface area contributed by atoms with Gasteiger partial charge in [0, 0.05) is 30.1 Å². The molecule has 3 rings (SSSR count). The van der Waals surface area contributed by atoms with E-state index in [-0.39, 0.29) is 6.03 Å². The van der Waals surface area contributed by atoms with Crippen molar-refractivity contribution in [3.05, 3.63) is 47.0 Å². The largest absolute Gasteiger partial charge is 0.491 e. The normalized spacial score (nSPS) is 13.4. The van der Waals surface area contributed by atoms with Crippen LogP contribution >= 0.6 is 0 Å². The zero-order chi connectivity index (χ0) is 18.0. The van der Waals surface area contributed by atoms with Gasteiger partial charge in [0.05, 0.1) is 13.1 Å². The van der Waals surface area contributed by atoms with E-state index in [1.807, 2.05) is 37.3 Å². The Bertz CT molecular complexity index is 832. The van der Waals surface area contributed by atoms with Crippen molar-refractivity contribution in [1.82, 2.24) is 10.2 Å². The lowest BCUT2D eigenvalue weighted by Gasteiger charge is -2.19. The number of benzene rings is 2. The molecule has 2 aromatic rings. The van der Waals surface area contributed by atoms with Crippen LogP contribution in [0.15, 0.2) is 30.3 Å². The number of anilines is 1. The Morgan fingerprint density at radius 2 is 2.16 bits per heavy atom. The maximum atomic E-state index is 12.0. The molecule has 25 heavy (non-hydrogen) atoms. The molecule has 1 heterocycles. The summed E-state index contributed by atoms with van der Waals surface area (Å²) in [5.74, 6) is 0.785. The highest BCUT2D eigenvalue weighted by Crippen LogP contribution is 2.34. The fourth-order valence-electron chi connectivity index (χ4n) is 3.16. The summed E-state index contributed by atoms with van der Waals surface area (Å²) in [6.07, 6.45) is 1.29. The highest BCUT2D eigenvalue weighted by Gasteiger charge is 2.20. The van der Waals surface area contributed by atoms with Crippen LogP contribution in [0, 0.1) is 12.3 Å². The lowest BCUT2D eigenvalue weighted by atomic mass is 9.93. The molecule has 1 aliphatic heterocycles. The van der Waals surface area contributed by atoms with Crippen LogP contribution in [0.3, 0.4) is 0 Å². The lowest BCUT2D eigenvalue weighted by Crippen LogP contribution is -2.38. The van der Waals surface area contributed by atoms with Crippen LogP contribution < -0.4 is 15.8 Å². The Kier molecular flexibility index (Phi) is 4.61. The zero-order valence-corrected chi connectivity index (χ0v) is 14.4. The second-order valence-corrected chi connectivity index (χ2v) is 6.05. The van der Waals surface area contributed by atoms with Crippen LogP contribution in [0.2, 0.25) is 0 Å². The molecular weight excluding hydrogens is 316 g/mol. The molecule has 1 aliphatic rings. The van der Waals surface area contributed by atoms with Gasteiger partial charge >= 0.3 is 6.03 Å². The number of hydrogen-bond acceptors (Lipinski definition) is 4. The highest BCUT2D eigenvalue weighted by molar-refractivity contribution is 5.96. The Morgan fingerprint density at radius 1 is 1.36 bits per heavy atom. The molecule has 2 aromatic carbocycles. The Labute approximate surface area is 147 Å². The first-order valence-electron chi connectivity index (χ1n) is 8.17. The third-order valence-electron chi connectivity index (χ3n) is 4.46. The van der Waals surface area contributed by atoms with E-state index in [4.69, 9.17) is 15.9 Å². The molecule has 0 saturated carbocycles. The number of nitrogens with one attached hydrogen (secondary N) is 2. The lowest BCUT2D eigenvalue weighted by molar-refractivity contribution is 0.190. The van der Waals surface area contributed by atoms with Gasteiger partial charge in [0.25, 0.3) is 0 Å². The summed E-state index contributed by atoms with van der Waals surface area (Å²) in [6, 6.07) is 9.57. The molecule has 0 saturated heterocycles. The third kappa shape index (κ3) is 3.15. The predicted octanol–water partition coefficient (Wildman–Crippen LogP) is 2.78. The van der Waals surface area contributed by atoms with Crippen LogP contribution in [0.4, 0.5) is 10.5 Å². The number of amides is 2. The topological polar surface area (TPSA) is 91.4 Å². The van der Waals surface area contributed by atoms with Crippen LogP contribution in [0.5, 0.6) is 5.75 Å². The second kappa shape index (κ2) is 6.84. The number of hydrogen-bond donors (Lipinski definition) is 3. The van der Waals surface area contributed by atoms with Crippen LogP contribution in [0.25, 0.3) is 11.1 Å². The van der Waals surface area contributed by atoms with Crippen molar-refractivity contribution < 1.29 is 9.53 Å². The summed E-state index contributed by atoms with van der Waals surface area (Å²) in [5.41, 5.74) is 11.2. The maximum absolute atomic E-state index is 12.0. The molecule has 0 radical (unpaired) electrons. The Morgan fingerprint density at radius 3 is 2.88 bits per heavy atom. The number of nitrogens with two attached hydrogens (primary N) is 1. The molecule has 0 fully saturated rings. The van der Waals surface area contributed by atoms with Gasteiger partial charge in [-0.05, 0) is 41.8 Å². The number of rotatable bonds is 2. The average molecular weight is 338 g/mol. The highest BCUT2D eigenvalue weighted by atomic mass is 16.5. The average Bonchev–Trinajstić information content (AvgIpc) is 2.84. The molecule has 0 unspecified atom stereocenters. The molecule has 0 bridgehead atoms. The first-order valence-corrected chi connectivity index (χ1v) is 8.17. The molecule has 0 aromatic heterocycles. The summed E-state index contributed by atoms with van der Waals surface area (Å²) in [5, 5.41) is 10.4. The van der Waals surface area contributed by atoms with E-state index >= 15 is 0 Å². The molecule has 4 N–H and O–H groups in total. The van der Waals surface area contributed by atoms with E-state index in [1.165, 1.54) is 6.21 Å². The number of nitrogen functional groups attached to an aromatic ring is 1. The standard InChI is InChI=1S/C19H22N4O2/c1-12-3-5-16(21)15(10-20)18(12)13-4-6-17-14(9-13)11-23(7-8-25-17)19(24)22-2/h3-6,9-10,20H,7-8,11,21H2,1-2H3,(H,22,24). The van der Waals surface area contributed by atoms with Gasteiger partial charge in [0.2, 0.25) is 0 Å². The van der Waals surface area contributed by atoms with E-state index in [0.29, 0.717) is 30.9 Å². The van der Waals surface area contributed by atoms with Crippen molar-refractivity contribution in [2.45, 2.75) is 13.5 Å². The number of fused-ring (bicyclic) bond motifs is 1. The van der Waals surface area contributed by atoms with Crippen molar-refractivity contribution in [3.63, 3.8) is 0 Å². The van der Waals surface area contributed by atoms with Gasteiger partial charge < -0.3 is 26.1 Å². The second-order valence-electron chi connectivity index (χ2n) is 6.05. The summed E-state index contributed by atoms with van der Waals surface area (Å²) in [4.78, 5) is 13.7. The molecule has 2 amide bonds. The van der Waals surface area contributed by atoms with Crippen molar-refractivity contribution in [2.75, 3.05) is 25.9 Å². The number of nitrogens with zero attached hydrogens (tertiary/aromatic N) is 1. The van der Waals surface area contributed by atoms with Gasteiger partial charge in [-0.3, -0.25) is 0 Å². The SMILES string of the molecule is CNC(=O)N1CCOc2ccc(-c3c(C)ccc(N)c3C=N)cc2C1. The smallest absolute Gasteiger partial charge is 0.317 e. The quantitative estimate of drug-likeness (QED) is 0.581. The van der Waals surface area contributed by atoms with Crippen LogP contribution in [-0.2, 0) is 6.54 Å². The first-order chi connectivity index (χ1) is 12.0. The fourth-order valence-corrected chi connectivity index (χ4v) is 3.16. The minimum Gasteiger partial charge on any atom is -0.491 e. The number of ether oxygens (including phenoxy) is 1. The van der Waals surface area contributed by atoms with Crippen molar-refractivity contribution >= 4 is 17.9 Å². The van der Waals surface area contributed by atoms with E-state index < -0.39 is 0 Å². The summed E-state index contributed by atoms with van der Waals surface area (Å²) < 4.78 is 5.78. The number of carbonyl (C=O) groups excluding carboxylic acids is 1. The summed E-state index contributed by atoms with van der Waals surface area (Å²) in [7, 11) is 1.62. The van der Waals surface area contributed by atoms with E-state index in [0.717, 1.165) is 28.0 Å². The zero-order valence-electron chi connectivity index (χ0n) is 14.4. The Hall–Kier alpha value is -3.02. The first kappa shape index (κ1) is 16.8. The molecule has 130 valence electrons. The molecule has 0 aliphatic carbocycles. The van der Waals surface area contributed by atoms with Gasteiger partial charge in [-0.2, -0.15) is 0 Å². The van der Waals surface area contributed by atoms with E-state index in [9.17, 15) is 4.79 Å². The van der Waals surface area contributed by atoms with Crippen molar-refractivity contribution in [1.29, 1.82) is 5.41 Å². The molecule has 6 heteroatoms. The van der Waals surface area contributed by atoms with E-state index in [2.05, 4.69) is 5.32 Å². The monoisotopic (exact) mass is 338 g/mol. The molecule has 0 atom stereocenters. The van der Waals surface area contributed by atoms with Gasteiger partial charge in [-0.15, -0.1) is 0 Å².